The van der Waals surface area contributed by atoms with E-state index in [9.17, 15) is 0 Å². The van der Waals surface area contributed by atoms with Crippen LogP contribution in [0, 0.1) is 11.8 Å². The van der Waals surface area contributed by atoms with Crippen LogP contribution in [-0.2, 0) is 0 Å². The highest BCUT2D eigenvalue weighted by molar-refractivity contribution is 4.90. The molecule has 0 radical (unpaired) electrons. The van der Waals surface area contributed by atoms with Crippen LogP contribution in [0.3, 0.4) is 0 Å². The normalized spacial score (nSPS) is 35.8. The standard InChI is InChI=1S/C9H18N2O/c12-3-1-2-11-6-8-4-10-5-9(8)7-11/h8-10,12H,1-7H2. The van der Waals surface area contributed by atoms with E-state index in [0.717, 1.165) is 24.8 Å². The fraction of sp³-hybridized carbons (Fsp3) is 1.00. The van der Waals surface area contributed by atoms with Crippen LogP contribution in [0.5, 0.6) is 0 Å². The van der Waals surface area contributed by atoms with Crippen LogP contribution in [0.15, 0.2) is 0 Å². The quantitative estimate of drug-likeness (QED) is 0.600. The van der Waals surface area contributed by atoms with Gasteiger partial charge in [-0.3, -0.25) is 0 Å². The molecule has 2 unspecified atom stereocenters. The van der Waals surface area contributed by atoms with Gasteiger partial charge in [0.1, 0.15) is 0 Å². The molecule has 12 heavy (non-hydrogen) atoms. The van der Waals surface area contributed by atoms with Crippen molar-refractivity contribution in [2.45, 2.75) is 6.42 Å². The average molecular weight is 170 g/mol. The first kappa shape index (κ1) is 8.48. The third-order valence-electron chi connectivity index (χ3n) is 3.10. The van der Waals surface area contributed by atoms with Gasteiger partial charge in [0.2, 0.25) is 0 Å². The number of aliphatic hydroxyl groups is 1. The molecule has 0 aromatic heterocycles. The van der Waals surface area contributed by atoms with Gasteiger partial charge in [-0.05, 0) is 31.3 Å². The molecule has 2 aliphatic heterocycles. The van der Waals surface area contributed by atoms with E-state index in [1.54, 1.807) is 0 Å². The van der Waals surface area contributed by atoms with Crippen molar-refractivity contribution < 1.29 is 5.11 Å². The molecular formula is C9H18N2O. The first-order chi connectivity index (χ1) is 5.90. The number of hydrogen-bond donors (Lipinski definition) is 2. The Morgan fingerprint density at radius 1 is 1.25 bits per heavy atom. The molecule has 3 heteroatoms. The fourth-order valence-electron chi connectivity index (χ4n) is 2.43. The second kappa shape index (κ2) is 3.73. The molecule has 0 aliphatic carbocycles. The maximum atomic E-state index is 8.69. The van der Waals surface area contributed by atoms with Crippen LogP contribution >= 0.6 is 0 Å². The zero-order valence-corrected chi connectivity index (χ0v) is 7.50. The molecule has 2 rings (SSSR count). The van der Waals surface area contributed by atoms with Gasteiger partial charge in [0, 0.05) is 26.2 Å². The topological polar surface area (TPSA) is 35.5 Å². The number of fused-ring (bicyclic) bond motifs is 1. The first-order valence-electron chi connectivity index (χ1n) is 4.94. The molecule has 0 amide bonds. The van der Waals surface area contributed by atoms with Gasteiger partial charge in [0.15, 0.2) is 0 Å². The summed E-state index contributed by atoms with van der Waals surface area (Å²) in [6, 6.07) is 0. The van der Waals surface area contributed by atoms with Crippen LogP contribution in [-0.4, -0.2) is 49.3 Å². The largest absolute Gasteiger partial charge is 0.396 e. The molecule has 2 heterocycles. The summed E-state index contributed by atoms with van der Waals surface area (Å²) in [5.41, 5.74) is 0. The Bertz CT molecular complexity index is 139. The minimum absolute atomic E-state index is 0.337. The van der Waals surface area contributed by atoms with E-state index in [1.165, 1.54) is 26.2 Å². The van der Waals surface area contributed by atoms with Crippen molar-refractivity contribution in [3.8, 4) is 0 Å². The highest BCUT2D eigenvalue weighted by Crippen LogP contribution is 2.25. The summed E-state index contributed by atoms with van der Waals surface area (Å²) >= 11 is 0. The number of aliphatic hydroxyl groups excluding tert-OH is 1. The summed E-state index contributed by atoms with van der Waals surface area (Å²) in [5.74, 6) is 1.78. The van der Waals surface area contributed by atoms with E-state index in [4.69, 9.17) is 5.11 Å². The zero-order chi connectivity index (χ0) is 8.39. The van der Waals surface area contributed by atoms with Gasteiger partial charge in [-0.1, -0.05) is 0 Å². The van der Waals surface area contributed by atoms with Gasteiger partial charge >= 0.3 is 0 Å². The SMILES string of the molecule is OCCCN1CC2CNCC2C1. The summed E-state index contributed by atoms with van der Waals surface area (Å²) in [4.78, 5) is 2.49. The molecule has 2 saturated heterocycles. The molecular weight excluding hydrogens is 152 g/mol. The third-order valence-corrected chi connectivity index (χ3v) is 3.10. The molecule has 2 aliphatic rings. The van der Waals surface area contributed by atoms with Crippen LogP contribution < -0.4 is 5.32 Å². The number of nitrogens with one attached hydrogen (secondary N) is 1. The van der Waals surface area contributed by atoms with E-state index in [2.05, 4.69) is 10.2 Å². The van der Waals surface area contributed by atoms with Crippen molar-refractivity contribution in [3.63, 3.8) is 0 Å². The Morgan fingerprint density at radius 3 is 2.50 bits per heavy atom. The van der Waals surface area contributed by atoms with E-state index in [-0.39, 0.29) is 0 Å². The lowest BCUT2D eigenvalue weighted by molar-refractivity contribution is 0.240. The van der Waals surface area contributed by atoms with Gasteiger partial charge < -0.3 is 15.3 Å². The smallest absolute Gasteiger partial charge is 0.0443 e. The van der Waals surface area contributed by atoms with Crippen LogP contribution in [0.2, 0.25) is 0 Å². The summed E-state index contributed by atoms with van der Waals surface area (Å²) in [5, 5.41) is 12.1. The first-order valence-corrected chi connectivity index (χ1v) is 4.94. The van der Waals surface area contributed by atoms with Crippen LogP contribution in [0.4, 0.5) is 0 Å². The molecule has 0 saturated carbocycles. The number of likely N-dealkylation sites (tertiary alicyclic amines) is 1. The maximum Gasteiger partial charge on any atom is 0.0443 e. The minimum atomic E-state index is 0.337. The van der Waals surface area contributed by atoms with E-state index < -0.39 is 0 Å². The van der Waals surface area contributed by atoms with Crippen molar-refractivity contribution in [2.75, 3.05) is 39.3 Å². The van der Waals surface area contributed by atoms with E-state index in [1.807, 2.05) is 0 Å². The number of rotatable bonds is 3. The second-order valence-corrected chi connectivity index (χ2v) is 4.02. The van der Waals surface area contributed by atoms with Gasteiger partial charge in [-0.25, -0.2) is 0 Å². The van der Waals surface area contributed by atoms with E-state index in [0.29, 0.717) is 6.61 Å². The molecule has 3 nitrogen and oxygen atoms in total. The Morgan fingerprint density at radius 2 is 1.92 bits per heavy atom. The summed E-state index contributed by atoms with van der Waals surface area (Å²) in [7, 11) is 0. The Labute approximate surface area is 73.8 Å². The highest BCUT2D eigenvalue weighted by Gasteiger charge is 2.35. The van der Waals surface area contributed by atoms with Crippen LogP contribution in [0.1, 0.15) is 6.42 Å². The Balaban J connectivity index is 1.75. The van der Waals surface area contributed by atoms with Crippen molar-refractivity contribution >= 4 is 0 Å². The molecule has 2 atom stereocenters. The maximum absolute atomic E-state index is 8.69. The van der Waals surface area contributed by atoms with Gasteiger partial charge in [-0.15, -0.1) is 0 Å². The lowest BCUT2D eigenvalue weighted by atomic mass is 10.0. The zero-order valence-electron chi connectivity index (χ0n) is 7.50. The Kier molecular flexibility index (Phi) is 2.63. The fourth-order valence-corrected chi connectivity index (χ4v) is 2.43. The van der Waals surface area contributed by atoms with Gasteiger partial charge in [-0.2, -0.15) is 0 Å². The van der Waals surface area contributed by atoms with Gasteiger partial charge in [0.05, 0.1) is 0 Å². The molecule has 0 aromatic rings. The van der Waals surface area contributed by atoms with Crippen molar-refractivity contribution in [3.05, 3.63) is 0 Å². The highest BCUT2D eigenvalue weighted by atomic mass is 16.3. The van der Waals surface area contributed by atoms with E-state index >= 15 is 0 Å². The summed E-state index contributed by atoms with van der Waals surface area (Å²) < 4.78 is 0. The molecule has 2 fully saturated rings. The van der Waals surface area contributed by atoms with Crippen molar-refractivity contribution in [1.29, 1.82) is 0 Å². The number of nitrogens with zero attached hydrogens (tertiary/aromatic N) is 1. The summed E-state index contributed by atoms with van der Waals surface area (Å²) in [6.45, 7) is 6.34. The lowest BCUT2D eigenvalue weighted by Crippen LogP contribution is -2.27. The lowest BCUT2D eigenvalue weighted by Gasteiger charge is -2.15. The molecule has 2 N–H and O–H groups in total. The predicted octanol–water partition coefficient (Wildman–Crippen LogP) is -0.480. The molecule has 0 aromatic carbocycles. The molecule has 0 spiro atoms. The number of hydrogen-bond acceptors (Lipinski definition) is 3. The predicted molar refractivity (Wildman–Crippen MR) is 48.0 cm³/mol. The minimum Gasteiger partial charge on any atom is -0.396 e. The third kappa shape index (κ3) is 1.63. The van der Waals surface area contributed by atoms with Crippen LogP contribution in [0.25, 0.3) is 0 Å². The summed E-state index contributed by atoms with van der Waals surface area (Å²) in [6.07, 6.45) is 0.937. The molecule has 0 bridgehead atoms. The monoisotopic (exact) mass is 170 g/mol. The average Bonchev–Trinajstić information content (AvgIpc) is 2.58. The van der Waals surface area contributed by atoms with Gasteiger partial charge in [0.25, 0.3) is 0 Å². The molecule has 70 valence electrons. The Hall–Kier alpha value is -0.120. The van der Waals surface area contributed by atoms with Crippen molar-refractivity contribution in [1.82, 2.24) is 10.2 Å². The van der Waals surface area contributed by atoms with Crippen molar-refractivity contribution in [2.24, 2.45) is 11.8 Å². The second-order valence-electron chi connectivity index (χ2n) is 4.02.